The van der Waals surface area contributed by atoms with Gasteiger partial charge in [-0.1, -0.05) is 5.16 Å². The summed E-state index contributed by atoms with van der Waals surface area (Å²) in [6.45, 7) is 1.85. The Balaban J connectivity index is 2.32. The summed E-state index contributed by atoms with van der Waals surface area (Å²) in [5, 5.41) is 6.04. The van der Waals surface area contributed by atoms with Gasteiger partial charge in [-0.3, -0.25) is 4.79 Å². The Morgan fingerprint density at radius 2 is 2.67 bits per heavy atom. The number of nitrogens with two attached hydrogens (primary N) is 1. The first kappa shape index (κ1) is 8.66. The molecular formula is C6H10N4O2. The van der Waals surface area contributed by atoms with Crippen molar-refractivity contribution in [1.82, 2.24) is 15.5 Å². The normalized spacial score (nSPS) is 12.5. The molecule has 1 rings (SSSR count). The fourth-order valence-corrected chi connectivity index (χ4v) is 0.597. The third-order valence-electron chi connectivity index (χ3n) is 1.24. The number of amides is 1. The van der Waals surface area contributed by atoms with Crippen LogP contribution in [0.5, 0.6) is 0 Å². The van der Waals surface area contributed by atoms with Gasteiger partial charge in [-0.05, 0) is 6.92 Å². The molecule has 0 unspecified atom stereocenters. The summed E-state index contributed by atoms with van der Waals surface area (Å²) >= 11 is 0. The molecule has 0 saturated carbocycles. The van der Waals surface area contributed by atoms with E-state index in [0.717, 1.165) is 0 Å². The number of hydrogen-bond acceptors (Lipinski definition) is 5. The fraction of sp³-hybridized carbons (Fsp3) is 0.500. The molecule has 0 aliphatic carbocycles. The lowest BCUT2D eigenvalue weighted by Crippen LogP contribution is -2.37. The highest BCUT2D eigenvalue weighted by molar-refractivity contribution is 5.80. The first-order chi connectivity index (χ1) is 5.70. The van der Waals surface area contributed by atoms with Gasteiger partial charge in [0.15, 0.2) is 5.82 Å². The molecule has 3 N–H and O–H groups in total. The molecule has 0 bridgehead atoms. The number of nitrogens with zero attached hydrogens (tertiary/aromatic N) is 2. The molecule has 0 aliphatic rings. The Kier molecular flexibility index (Phi) is 2.76. The maximum Gasteiger partial charge on any atom is 0.237 e. The zero-order valence-electron chi connectivity index (χ0n) is 6.65. The molecule has 0 spiro atoms. The molecule has 6 nitrogen and oxygen atoms in total. The minimum Gasteiger partial charge on any atom is -0.347 e. The van der Waals surface area contributed by atoms with Crippen LogP contribution in [0.15, 0.2) is 10.9 Å². The lowest BCUT2D eigenvalue weighted by Gasteiger charge is -2.03. The van der Waals surface area contributed by atoms with E-state index in [2.05, 4.69) is 20.0 Å². The van der Waals surface area contributed by atoms with E-state index < -0.39 is 6.04 Å². The lowest BCUT2D eigenvalue weighted by atomic mass is 10.3. The predicted octanol–water partition coefficient (Wildman–Crippen LogP) is -0.967. The molecule has 0 aromatic carbocycles. The van der Waals surface area contributed by atoms with E-state index >= 15 is 0 Å². The van der Waals surface area contributed by atoms with Crippen LogP contribution in [0.2, 0.25) is 0 Å². The molecule has 66 valence electrons. The maximum absolute atomic E-state index is 10.9. The third kappa shape index (κ3) is 2.31. The van der Waals surface area contributed by atoms with E-state index in [9.17, 15) is 4.79 Å². The Hall–Kier alpha value is -1.43. The van der Waals surface area contributed by atoms with Gasteiger partial charge in [-0.15, -0.1) is 0 Å². The summed E-state index contributed by atoms with van der Waals surface area (Å²) in [4.78, 5) is 14.6. The molecule has 0 radical (unpaired) electrons. The first-order valence-electron chi connectivity index (χ1n) is 3.48. The lowest BCUT2D eigenvalue weighted by molar-refractivity contribution is -0.122. The van der Waals surface area contributed by atoms with Gasteiger partial charge in [0.1, 0.15) is 0 Å². The summed E-state index contributed by atoms with van der Waals surface area (Å²) in [5.74, 6) is 0.198. The topological polar surface area (TPSA) is 94.0 Å². The SMILES string of the molecule is C[C@H](N)C(=O)NCc1ncon1. The Morgan fingerprint density at radius 1 is 1.92 bits per heavy atom. The van der Waals surface area contributed by atoms with Gasteiger partial charge in [0.05, 0.1) is 12.6 Å². The number of carbonyl (C=O) groups excluding carboxylic acids is 1. The van der Waals surface area contributed by atoms with Crippen LogP contribution >= 0.6 is 0 Å². The van der Waals surface area contributed by atoms with Crippen LogP contribution in [0, 0.1) is 0 Å². The van der Waals surface area contributed by atoms with Crippen LogP contribution in [-0.4, -0.2) is 22.1 Å². The van der Waals surface area contributed by atoms with Crippen LogP contribution in [0.3, 0.4) is 0 Å². The van der Waals surface area contributed by atoms with Crippen molar-refractivity contribution in [3.05, 3.63) is 12.2 Å². The zero-order valence-corrected chi connectivity index (χ0v) is 6.65. The van der Waals surface area contributed by atoms with Crippen molar-refractivity contribution in [3.63, 3.8) is 0 Å². The van der Waals surface area contributed by atoms with Gasteiger partial charge >= 0.3 is 0 Å². The van der Waals surface area contributed by atoms with Gasteiger partial charge in [0.2, 0.25) is 12.3 Å². The summed E-state index contributed by atoms with van der Waals surface area (Å²) in [6.07, 6.45) is 1.20. The van der Waals surface area contributed by atoms with E-state index in [4.69, 9.17) is 5.73 Å². The van der Waals surface area contributed by atoms with Crippen LogP contribution < -0.4 is 11.1 Å². The molecule has 1 atom stereocenters. The van der Waals surface area contributed by atoms with Crippen molar-refractivity contribution in [1.29, 1.82) is 0 Å². The Bertz CT molecular complexity index is 244. The van der Waals surface area contributed by atoms with Gasteiger partial charge in [-0.2, -0.15) is 4.98 Å². The van der Waals surface area contributed by atoms with E-state index in [-0.39, 0.29) is 12.5 Å². The minimum absolute atomic E-state index is 0.236. The quantitative estimate of drug-likeness (QED) is 0.608. The summed E-state index contributed by atoms with van der Waals surface area (Å²) in [7, 11) is 0. The van der Waals surface area contributed by atoms with Crippen molar-refractivity contribution in [2.45, 2.75) is 19.5 Å². The number of nitrogens with one attached hydrogen (secondary N) is 1. The Labute approximate surface area is 69.1 Å². The van der Waals surface area contributed by atoms with Gasteiger partial charge in [0.25, 0.3) is 0 Å². The third-order valence-corrected chi connectivity index (χ3v) is 1.24. The van der Waals surface area contributed by atoms with Crippen LogP contribution in [0.25, 0.3) is 0 Å². The van der Waals surface area contributed by atoms with Crippen LogP contribution in [-0.2, 0) is 11.3 Å². The highest BCUT2D eigenvalue weighted by Gasteiger charge is 2.07. The van der Waals surface area contributed by atoms with E-state index in [0.29, 0.717) is 5.82 Å². The number of carbonyl (C=O) groups is 1. The fourth-order valence-electron chi connectivity index (χ4n) is 0.597. The molecule has 0 saturated heterocycles. The maximum atomic E-state index is 10.9. The summed E-state index contributed by atoms with van der Waals surface area (Å²) < 4.78 is 4.46. The van der Waals surface area contributed by atoms with E-state index in [1.54, 1.807) is 6.92 Å². The second-order valence-electron chi connectivity index (χ2n) is 2.35. The van der Waals surface area contributed by atoms with Gasteiger partial charge in [0, 0.05) is 0 Å². The monoisotopic (exact) mass is 170 g/mol. The molecule has 1 heterocycles. The van der Waals surface area contributed by atoms with E-state index in [1.165, 1.54) is 6.39 Å². The molecule has 0 fully saturated rings. The average Bonchev–Trinajstić information content (AvgIpc) is 2.51. The molecule has 1 amide bonds. The zero-order chi connectivity index (χ0) is 8.97. The van der Waals surface area contributed by atoms with E-state index in [1.807, 2.05) is 0 Å². The summed E-state index contributed by atoms with van der Waals surface area (Å²) in [5.41, 5.74) is 5.30. The minimum atomic E-state index is -0.517. The highest BCUT2D eigenvalue weighted by Crippen LogP contribution is 1.86. The predicted molar refractivity (Wildman–Crippen MR) is 39.8 cm³/mol. The van der Waals surface area contributed by atoms with Crippen LogP contribution in [0.1, 0.15) is 12.7 Å². The second kappa shape index (κ2) is 3.82. The molecule has 12 heavy (non-hydrogen) atoms. The number of rotatable bonds is 3. The Morgan fingerprint density at radius 3 is 3.17 bits per heavy atom. The van der Waals surface area contributed by atoms with Gasteiger partial charge < -0.3 is 15.6 Å². The van der Waals surface area contributed by atoms with Crippen molar-refractivity contribution in [2.24, 2.45) is 5.73 Å². The van der Waals surface area contributed by atoms with Crippen molar-refractivity contribution in [3.8, 4) is 0 Å². The van der Waals surface area contributed by atoms with Crippen LogP contribution in [0.4, 0.5) is 0 Å². The van der Waals surface area contributed by atoms with Crippen molar-refractivity contribution in [2.75, 3.05) is 0 Å². The molecule has 1 aromatic rings. The molecule has 1 aromatic heterocycles. The number of aromatic nitrogens is 2. The largest absolute Gasteiger partial charge is 0.347 e. The highest BCUT2D eigenvalue weighted by atomic mass is 16.5. The smallest absolute Gasteiger partial charge is 0.237 e. The molecular weight excluding hydrogens is 160 g/mol. The molecule has 0 aliphatic heterocycles. The number of hydrogen-bond donors (Lipinski definition) is 2. The van der Waals surface area contributed by atoms with Gasteiger partial charge in [-0.25, -0.2) is 0 Å². The standard InChI is InChI=1S/C6H10N4O2/c1-4(7)6(11)8-2-5-9-3-12-10-5/h3-4H,2,7H2,1H3,(H,8,11)/t4-/m0/s1. The molecule has 6 heteroatoms. The van der Waals surface area contributed by atoms with Crippen molar-refractivity contribution >= 4 is 5.91 Å². The summed E-state index contributed by atoms with van der Waals surface area (Å²) in [6, 6.07) is -0.517. The average molecular weight is 170 g/mol. The first-order valence-corrected chi connectivity index (χ1v) is 3.48. The van der Waals surface area contributed by atoms with Crippen molar-refractivity contribution < 1.29 is 9.32 Å². The second-order valence-corrected chi connectivity index (χ2v) is 2.35.